The van der Waals surface area contributed by atoms with Gasteiger partial charge in [-0.15, -0.1) is 6.58 Å². The van der Waals surface area contributed by atoms with Crippen LogP contribution in [-0.4, -0.2) is 6.04 Å². The van der Waals surface area contributed by atoms with Gasteiger partial charge in [-0.05, 0) is 37.5 Å². The van der Waals surface area contributed by atoms with Crippen molar-refractivity contribution in [3.8, 4) is 0 Å². The van der Waals surface area contributed by atoms with E-state index in [0.29, 0.717) is 12.1 Å². The summed E-state index contributed by atoms with van der Waals surface area (Å²) >= 11 is 5.88. The first-order valence-electron chi connectivity index (χ1n) is 5.79. The Kier molecular flexibility index (Phi) is 5.58. The van der Waals surface area contributed by atoms with Crippen LogP contribution in [0.2, 0.25) is 5.02 Å². The van der Waals surface area contributed by atoms with Gasteiger partial charge >= 0.3 is 0 Å². The molecule has 0 aliphatic carbocycles. The molecule has 0 bridgehead atoms. The minimum Gasteiger partial charge on any atom is -0.307 e. The van der Waals surface area contributed by atoms with E-state index in [2.05, 4.69) is 37.9 Å². The summed E-state index contributed by atoms with van der Waals surface area (Å²) in [5.74, 6) is 0. The Labute approximate surface area is 104 Å². The summed E-state index contributed by atoms with van der Waals surface area (Å²) in [6.07, 6.45) is 4.01. The van der Waals surface area contributed by atoms with Crippen molar-refractivity contribution in [1.82, 2.24) is 5.32 Å². The monoisotopic (exact) mass is 237 g/mol. The zero-order valence-corrected chi connectivity index (χ0v) is 10.8. The Morgan fingerprint density at radius 1 is 1.38 bits per heavy atom. The van der Waals surface area contributed by atoms with Gasteiger partial charge in [0.25, 0.3) is 0 Å². The van der Waals surface area contributed by atoms with E-state index in [-0.39, 0.29) is 0 Å². The average molecular weight is 238 g/mol. The first kappa shape index (κ1) is 13.3. The van der Waals surface area contributed by atoms with Crippen LogP contribution in [0.3, 0.4) is 0 Å². The molecule has 2 unspecified atom stereocenters. The Hall–Kier alpha value is -0.790. The molecule has 1 aromatic rings. The van der Waals surface area contributed by atoms with Crippen LogP contribution in [0, 0.1) is 0 Å². The van der Waals surface area contributed by atoms with Crippen molar-refractivity contribution in [3.05, 3.63) is 47.5 Å². The highest BCUT2D eigenvalue weighted by Gasteiger charge is 2.11. The number of hydrogen-bond donors (Lipinski definition) is 1. The van der Waals surface area contributed by atoms with Crippen molar-refractivity contribution in [2.75, 3.05) is 0 Å². The quantitative estimate of drug-likeness (QED) is 0.726. The van der Waals surface area contributed by atoms with Crippen LogP contribution >= 0.6 is 11.6 Å². The summed E-state index contributed by atoms with van der Waals surface area (Å²) in [6, 6.07) is 8.91. The fourth-order valence-corrected chi connectivity index (χ4v) is 1.93. The van der Waals surface area contributed by atoms with Crippen molar-refractivity contribution < 1.29 is 0 Å². The maximum atomic E-state index is 5.88. The molecule has 0 aliphatic heterocycles. The number of hydrogen-bond acceptors (Lipinski definition) is 1. The molecule has 0 saturated carbocycles. The second-order valence-corrected chi connectivity index (χ2v) is 4.54. The van der Waals surface area contributed by atoms with Gasteiger partial charge in [-0.25, -0.2) is 0 Å². The van der Waals surface area contributed by atoms with E-state index in [1.807, 2.05) is 18.2 Å². The van der Waals surface area contributed by atoms with E-state index in [4.69, 9.17) is 11.6 Å². The highest BCUT2D eigenvalue weighted by Crippen LogP contribution is 2.20. The second-order valence-electron chi connectivity index (χ2n) is 4.10. The topological polar surface area (TPSA) is 12.0 Å². The smallest absolute Gasteiger partial charge is 0.0406 e. The standard InChI is InChI=1S/C14H20ClN/c1-4-6-11(3)16-14(5-2)12-7-9-13(15)10-8-12/h4,7-11,14,16H,1,5-6H2,2-3H3. The molecule has 0 aliphatic rings. The summed E-state index contributed by atoms with van der Waals surface area (Å²) in [5, 5.41) is 4.38. The predicted molar refractivity (Wildman–Crippen MR) is 71.9 cm³/mol. The Morgan fingerprint density at radius 2 is 2.00 bits per heavy atom. The zero-order chi connectivity index (χ0) is 12.0. The van der Waals surface area contributed by atoms with Gasteiger partial charge < -0.3 is 5.32 Å². The first-order chi connectivity index (χ1) is 7.67. The van der Waals surface area contributed by atoms with Gasteiger partial charge in [0.2, 0.25) is 0 Å². The molecule has 1 rings (SSSR count). The molecule has 0 aromatic heterocycles. The van der Waals surface area contributed by atoms with Crippen LogP contribution in [0.15, 0.2) is 36.9 Å². The first-order valence-corrected chi connectivity index (χ1v) is 6.17. The van der Waals surface area contributed by atoms with Crippen LogP contribution in [0.1, 0.15) is 38.3 Å². The van der Waals surface area contributed by atoms with Crippen molar-refractivity contribution in [1.29, 1.82) is 0 Å². The third kappa shape index (κ3) is 3.99. The van der Waals surface area contributed by atoms with Crippen molar-refractivity contribution >= 4 is 11.6 Å². The molecule has 0 amide bonds. The van der Waals surface area contributed by atoms with Crippen molar-refractivity contribution in [2.45, 2.75) is 38.8 Å². The normalized spacial score (nSPS) is 14.4. The molecular formula is C14H20ClN. The van der Waals surface area contributed by atoms with Gasteiger partial charge in [-0.3, -0.25) is 0 Å². The molecule has 2 heteroatoms. The summed E-state index contributed by atoms with van der Waals surface area (Å²) in [5.41, 5.74) is 1.29. The SMILES string of the molecule is C=CCC(C)NC(CC)c1ccc(Cl)cc1. The summed E-state index contributed by atoms with van der Waals surface area (Å²) in [7, 11) is 0. The van der Waals surface area contributed by atoms with Gasteiger partial charge in [0.15, 0.2) is 0 Å². The molecule has 1 N–H and O–H groups in total. The Bertz CT molecular complexity index is 318. The lowest BCUT2D eigenvalue weighted by Crippen LogP contribution is -2.29. The maximum Gasteiger partial charge on any atom is 0.0406 e. The molecule has 0 saturated heterocycles. The average Bonchev–Trinajstić information content (AvgIpc) is 2.27. The maximum absolute atomic E-state index is 5.88. The van der Waals surface area contributed by atoms with E-state index in [1.54, 1.807) is 0 Å². The highest BCUT2D eigenvalue weighted by atomic mass is 35.5. The summed E-state index contributed by atoms with van der Waals surface area (Å²) in [6.45, 7) is 8.13. The molecular weight excluding hydrogens is 218 g/mol. The number of halogens is 1. The fraction of sp³-hybridized carbons (Fsp3) is 0.429. The van der Waals surface area contributed by atoms with Crippen LogP contribution in [-0.2, 0) is 0 Å². The third-order valence-corrected chi connectivity index (χ3v) is 2.94. The van der Waals surface area contributed by atoms with Gasteiger partial charge in [-0.1, -0.05) is 36.7 Å². The van der Waals surface area contributed by atoms with Crippen LogP contribution < -0.4 is 5.32 Å². The predicted octanol–water partition coefficient (Wildman–Crippen LogP) is 4.35. The fourth-order valence-electron chi connectivity index (χ4n) is 1.81. The molecule has 0 radical (unpaired) electrons. The molecule has 1 nitrogen and oxygen atoms in total. The molecule has 2 atom stereocenters. The third-order valence-electron chi connectivity index (χ3n) is 2.69. The molecule has 16 heavy (non-hydrogen) atoms. The lowest BCUT2D eigenvalue weighted by atomic mass is 10.0. The second kappa shape index (κ2) is 6.72. The molecule has 0 fully saturated rings. The molecule has 1 aromatic carbocycles. The van der Waals surface area contributed by atoms with Crippen LogP contribution in [0.5, 0.6) is 0 Å². The molecule has 0 heterocycles. The van der Waals surface area contributed by atoms with Gasteiger partial charge in [0, 0.05) is 17.1 Å². The zero-order valence-electron chi connectivity index (χ0n) is 10.0. The van der Waals surface area contributed by atoms with Crippen LogP contribution in [0.4, 0.5) is 0 Å². The number of nitrogens with one attached hydrogen (secondary N) is 1. The minimum atomic E-state index is 0.396. The highest BCUT2D eigenvalue weighted by molar-refractivity contribution is 6.30. The Balaban J connectivity index is 2.66. The number of rotatable bonds is 6. The van der Waals surface area contributed by atoms with Gasteiger partial charge in [-0.2, -0.15) is 0 Å². The number of benzene rings is 1. The van der Waals surface area contributed by atoms with E-state index < -0.39 is 0 Å². The molecule has 88 valence electrons. The van der Waals surface area contributed by atoms with Gasteiger partial charge in [0.05, 0.1) is 0 Å². The van der Waals surface area contributed by atoms with E-state index >= 15 is 0 Å². The summed E-state index contributed by atoms with van der Waals surface area (Å²) in [4.78, 5) is 0. The Morgan fingerprint density at radius 3 is 2.50 bits per heavy atom. The summed E-state index contributed by atoms with van der Waals surface area (Å²) < 4.78 is 0. The van der Waals surface area contributed by atoms with Gasteiger partial charge in [0.1, 0.15) is 0 Å². The van der Waals surface area contributed by atoms with Crippen molar-refractivity contribution in [3.63, 3.8) is 0 Å². The van der Waals surface area contributed by atoms with E-state index in [9.17, 15) is 0 Å². The van der Waals surface area contributed by atoms with E-state index in [1.165, 1.54) is 5.56 Å². The lowest BCUT2D eigenvalue weighted by molar-refractivity contribution is 0.448. The van der Waals surface area contributed by atoms with E-state index in [0.717, 1.165) is 17.9 Å². The lowest BCUT2D eigenvalue weighted by Gasteiger charge is -2.22. The van der Waals surface area contributed by atoms with Crippen molar-refractivity contribution in [2.24, 2.45) is 0 Å². The molecule has 0 spiro atoms. The largest absolute Gasteiger partial charge is 0.307 e. The minimum absolute atomic E-state index is 0.396. The van der Waals surface area contributed by atoms with Crippen LogP contribution in [0.25, 0.3) is 0 Å².